The molecule has 0 aromatic heterocycles. The molecule has 0 saturated heterocycles. The maximum Gasteiger partial charge on any atom is 0.333 e. The van der Waals surface area contributed by atoms with Gasteiger partial charge in [0.2, 0.25) is 0 Å². The molecule has 0 bridgehead atoms. The van der Waals surface area contributed by atoms with E-state index < -0.39 is 0 Å². The minimum atomic E-state index is -0.368. The molecule has 3 heteroatoms. The van der Waals surface area contributed by atoms with Crippen LogP contribution >= 0.6 is 0 Å². The molecule has 3 nitrogen and oxygen atoms in total. The minimum Gasteiger partial charge on any atom is -0.487 e. The molecule has 0 N–H and O–H groups in total. The number of hydrogen-bond acceptors (Lipinski definition) is 3. The molecule has 0 aliphatic carbocycles. The monoisotopic (exact) mass is 290 g/mol. The standard InChI is InChI=1S/C18H26O3/c1-7-17(21-18(19)13(4)5)14(6)20-16-10-8-15(9-11-16)12(2)3/h8-12,14,17H,4,7H2,1-3,5-6H3. The van der Waals surface area contributed by atoms with Crippen LogP contribution in [0.25, 0.3) is 0 Å². The van der Waals surface area contributed by atoms with Crippen molar-refractivity contribution in [1.82, 2.24) is 0 Å². The lowest BCUT2D eigenvalue weighted by molar-refractivity contribution is -0.148. The van der Waals surface area contributed by atoms with E-state index in [1.54, 1.807) is 6.92 Å². The molecule has 1 aromatic rings. The quantitative estimate of drug-likeness (QED) is 0.549. The Hall–Kier alpha value is -1.77. The Balaban J connectivity index is 2.67. The van der Waals surface area contributed by atoms with E-state index in [9.17, 15) is 4.79 Å². The van der Waals surface area contributed by atoms with Crippen molar-refractivity contribution in [2.24, 2.45) is 0 Å². The smallest absolute Gasteiger partial charge is 0.333 e. The van der Waals surface area contributed by atoms with Gasteiger partial charge in [-0.15, -0.1) is 0 Å². The van der Waals surface area contributed by atoms with E-state index in [2.05, 4.69) is 32.6 Å². The molecule has 2 unspecified atom stereocenters. The summed E-state index contributed by atoms with van der Waals surface area (Å²) in [7, 11) is 0. The topological polar surface area (TPSA) is 35.5 Å². The predicted molar refractivity (Wildman–Crippen MR) is 85.6 cm³/mol. The zero-order valence-corrected chi connectivity index (χ0v) is 13.7. The molecule has 0 fully saturated rings. The zero-order chi connectivity index (χ0) is 16.0. The van der Waals surface area contributed by atoms with Crippen molar-refractivity contribution in [1.29, 1.82) is 0 Å². The van der Waals surface area contributed by atoms with Gasteiger partial charge in [-0.1, -0.05) is 39.5 Å². The predicted octanol–water partition coefficient (Wildman–Crippen LogP) is 4.48. The van der Waals surface area contributed by atoms with Crippen molar-refractivity contribution in [3.63, 3.8) is 0 Å². The Kier molecular flexibility index (Phi) is 6.47. The second kappa shape index (κ2) is 7.87. The Morgan fingerprint density at radius 2 is 1.76 bits per heavy atom. The van der Waals surface area contributed by atoms with Crippen molar-refractivity contribution in [2.45, 2.75) is 59.2 Å². The largest absolute Gasteiger partial charge is 0.487 e. The first-order valence-electron chi connectivity index (χ1n) is 7.48. The van der Waals surface area contributed by atoms with E-state index in [0.29, 0.717) is 17.9 Å². The van der Waals surface area contributed by atoms with Gasteiger partial charge in [0.1, 0.15) is 18.0 Å². The summed E-state index contributed by atoms with van der Waals surface area (Å²) in [4.78, 5) is 11.6. The molecule has 0 spiro atoms. The van der Waals surface area contributed by atoms with Crippen LogP contribution in [-0.2, 0) is 9.53 Å². The fraction of sp³-hybridized carbons (Fsp3) is 0.500. The summed E-state index contributed by atoms with van der Waals surface area (Å²) in [5.74, 6) is 0.917. The second-order valence-corrected chi connectivity index (χ2v) is 5.68. The minimum absolute atomic E-state index is 0.205. The molecule has 0 aliphatic heterocycles. The van der Waals surface area contributed by atoms with Crippen molar-refractivity contribution >= 4 is 5.97 Å². The molecule has 0 heterocycles. The fourth-order valence-corrected chi connectivity index (χ4v) is 1.97. The lowest BCUT2D eigenvalue weighted by Crippen LogP contribution is -2.33. The fourth-order valence-electron chi connectivity index (χ4n) is 1.97. The first-order valence-corrected chi connectivity index (χ1v) is 7.48. The van der Waals surface area contributed by atoms with Gasteiger partial charge in [-0.05, 0) is 43.9 Å². The van der Waals surface area contributed by atoms with Crippen LogP contribution in [0.15, 0.2) is 36.4 Å². The molecule has 0 amide bonds. The van der Waals surface area contributed by atoms with Gasteiger partial charge in [-0.2, -0.15) is 0 Å². The van der Waals surface area contributed by atoms with Crippen molar-refractivity contribution in [3.05, 3.63) is 42.0 Å². The molecule has 0 radical (unpaired) electrons. The highest BCUT2D eigenvalue weighted by Crippen LogP contribution is 2.21. The summed E-state index contributed by atoms with van der Waals surface area (Å²) in [5.41, 5.74) is 1.68. The number of rotatable bonds is 7. The highest BCUT2D eigenvalue weighted by molar-refractivity contribution is 5.87. The third-order valence-electron chi connectivity index (χ3n) is 3.40. The Labute approximate surface area is 128 Å². The summed E-state index contributed by atoms with van der Waals surface area (Å²) in [5, 5.41) is 0. The average molecular weight is 290 g/mol. The van der Waals surface area contributed by atoms with Gasteiger partial charge in [-0.3, -0.25) is 0 Å². The SMILES string of the molecule is C=C(C)C(=O)OC(CC)C(C)Oc1ccc(C(C)C)cc1. The van der Waals surface area contributed by atoms with Gasteiger partial charge in [0, 0.05) is 5.57 Å². The van der Waals surface area contributed by atoms with Gasteiger partial charge in [-0.25, -0.2) is 4.79 Å². The number of benzene rings is 1. The van der Waals surface area contributed by atoms with E-state index in [-0.39, 0.29) is 18.2 Å². The molecule has 1 aromatic carbocycles. The third-order valence-corrected chi connectivity index (χ3v) is 3.40. The summed E-state index contributed by atoms with van der Waals surface area (Å²) >= 11 is 0. The van der Waals surface area contributed by atoms with Crippen LogP contribution in [0.5, 0.6) is 5.75 Å². The van der Waals surface area contributed by atoms with Crippen LogP contribution in [0.1, 0.15) is 52.5 Å². The maximum absolute atomic E-state index is 11.6. The molecule has 116 valence electrons. The summed E-state index contributed by atoms with van der Waals surface area (Å²) < 4.78 is 11.3. The number of esters is 1. The zero-order valence-electron chi connectivity index (χ0n) is 13.7. The summed E-state index contributed by atoms with van der Waals surface area (Å²) in [6.07, 6.45) is 0.215. The summed E-state index contributed by atoms with van der Waals surface area (Å²) in [6, 6.07) is 8.04. The number of ether oxygens (including phenoxy) is 2. The van der Waals surface area contributed by atoms with Crippen LogP contribution in [0.4, 0.5) is 0 Å². The first kappa shape index (κ1) is 17.3. The second-order valence-electron chi connectivity index (χ2n) is 5.68. The molecular weight excluding hydrogens is 264 g/mol. The van der Waals surface area contributed by atoms with Crippen LogP contribution < -0.4 is 4.74 Å². The summed E-state index contributed by atoms with van der Waals surface area (Å²) in [6.45, 7) is 13.4. The van der Waals surface area contributed by atoms with Crippen molar-refractivity contribution in [3.8, 4) is 5.75 Å². The van der Waals surface area contributed by atoms with E-state index >= 15 is 0 Å². The molecular formula is C18H26O3. The van der Waals surface area contributed by atoms with E-state index in [4.69, 9.17) is 9.47 Å². The van der Waals surface area contributed by atoms with Crippen LogP contribution in [0.2, 0.25) is 0 Å². The number of hydrogen-bond donors (Lipinski definition) is 0. The number of carbonyl (C=O) groups is 1. The molecule has 0 aliphatic rings. The highest BCUT2D eigenvalue weighted by Gasteiger charge is 2.21. The number of carbonyl (C=O) groups excluding carboxylic acids is 1. The molecule has 0 saturated carbocycles. The van der Waals surface area contributed by atoms with Crippen LogP contribution in [0.3, 0.4) is 0 Å². The van der Waals surface area contributed by atoms with E-state index in [0.717, 1.165) is 5.75 Å². The first-order chi connectivity index (χ1) is 9.85. The third kappa shape index (κ3) is 5.25. The van der Waals surface area contributed by atoms with Gasteiger partial charge in [0.25, 0.3) is 0 Å². The Morgan fingerprint density at radius 3 is 2.19 bits per heavy atom. The Morgan fingerprint density at radius 1 is 1.19 bits per heavy atom. The van der Waals surface area contributed by atoms with Gasteiger partial charge in [0.05, 0.1) is 0 Å². The molecule has 2 atom stereocenters. The Bertz CT molecular complexity index is 474. The lowest BCUT2D eigenvalue weighted by Gasteiger charge is -2.24. The van der Waals surface area contributed by atoms with Gasteiger partial charge >= 0.3 is 5.97 Å². The highest BCUT2D eigenvalue weighted by atomic mass is 16.6. The lowest BCUT2D eigenvalue weighted by atomic mass is 10.0. The maximum atomic E-state index is 11.6. The van der Waals surface area contributed by atoms with Crippen LogP contribution in [-0.4, -0.2) is 18.2 Å². The van der Waals surface area contributed by atoms with Gasteiger partial charge < -0.3 is 9.47 Å². The van der Waals surface area contributed by atoms with Crippen molar-refractivity contribution in [2.75, 3.05) is 0 Å². The van der Waals surface area contributed by atoms with Gasteiger partial charge in [0.15, 0.2) is 0 Å². The van der Waals surface area contributed by atoms with E-state index in [1.807, 2.05) is 26.0 Å². The normalized spacial score (nSPS) is 13.6. The molecule has 1 rings (SSSR count). The van der Waals surface area contributed by atoms with Crippen LogP contribution in [0, 0.1) is 0 Å². The van der Waals surface area contributed by atoms with E-state index in [1.165, 1.54) is 5.56 Å². The average Bonchev–Trinajstić information content (AvgIpc) is 2.44. The molecule has 21 heavy (non-hydrogen) atoms. The van der Waals surface area contributed by atoms with Crippen molar-refractivity contribution < 1.29 is 14.3 Å².